The summed E-state index contributed by atoms with van der Waals surface area (Å²) in [7, 11) is 4.21. The number of fused-ring (bicyclic) bond motifs is 2. The fraction of sp³-hybridized carbons (Fsp3) is 0.641. The van der Waals surface area contributed by atoms with Gasteiger partial charge in [0.1, 0.15) is 11.7 Å². The molecule has 8 nitrogen and oxygen atoms in total. The Hall–Kier alpha value is -2.94. The lowest BCUT2D eigenvalue weighted by molar-refractivity contribution is -0.197. The largest absolute Gasteiger partial charge is 0.481 e. The number of carboxylic acid groups (broad SMARTS) is 1. The molecule has 4 fully saturated rings. The normalized spacial score (nSPS) is 37.1. The molecule has 9 atom stereocenters. The van der Waals surface area contributed by atoms with Crippen molar-refractivity contribution in [2.45, 2.75) is 91.1 Å². The molecule has 1 aliphatic heterocycles. The number of allylic oxidation sites excluding steroid dienone is 1. The van der Waals surface area contributed by atoms with Crippen LogP contribution in [0.15, 0.2) is 54.2 Å². The number of likely N-dealkylation sites (N-methyl/N-ethyl adjacent to an activating group) is 1. The van der Waals surface area contributed by atoms with Gasteiger partial charge in [0.15, 0.2) is 0 Å². The highest BCUT2D eigenvalue weighted by Crippen LogP contribution is 2.84. The number of carboxylic acids is 1. The van der Waals surface area contributed by atoms with Crippen molar-refractivity contribution in [1.29, 1.82) is 0 Å². The molecule has 8 heteroatoms. The number of aromatic nitrogens is 2. The third-order valence-electron chi connectivity index (χ3n) is 13.1. The fourth-order valence-corrected chi connectivity index (χ4v) is 11.6. The average molecular weight is 641 g/mol. The predicted octanol–water partition coefficient (Wildman–Crippen LogP) is 6.01. The summed E-state index contributed by atoms with van der Waals surface area (Å²) in [6.45, 7) is 9.53. The van der Waals surface area contributed by atoms with Crippen molar-refractivity contribution in [3.8, 4) is 0 Å². The lowest BCUT2D eigenvalue weighted by Crippen LogP contribution is -2.65. The standard InChI is InChI=1S/C39H52N4O4/c1-25(2)34-17-27-18-37(24-44)33-14-12-26(3)32(33)19-38(27,39(34,37)36(45)46)35-15-13-31(47-35)23-43(5)22-30-11-8-10-29(41-30)21-42(4)20-28-9-6-7-16-40-28/h6-11,16-17,24-27,31-33,35H,12-15,18-23H2,1-5H3,(H,45,46)/t26-,27?,31?,32-,33-,35?,37?,38?,39?/m1/s1. The summed E-state index contributed by atoms with van der Waals surface area (Å²) in [5, 5.41) is 11.4. The van der Waals surface area contributed by atoms with E-state index in [9.17, 15) is 14.7 Å². The maximum absolute atomic E-state index is 13.9. The van der Waals surface area contributed by atoms with Crippen LogP contribution in [0.25, 0.3) is 0 Å². The van der Waals surface area contributed by atoms with E-state index in [1.54, 1.807) is 0 Å². The van der Waals surface area contributed by atoms with E-state index in [4.69, 9.17) is 9.72 Å². The van der Waals surface area contributed by atoms with Crippen LogP contribution >= 0.6 is 0 Å². The van der Waals surface area contributed by atoms with E-state index >= 15 is 0 Å². The summed E-state index contributed by atoms with van der Waals surface area (Å²) >= 11 is 0. The van der Waals surface area contributed by atoms with Crippen molar-refractivity contribution >= 4 is 12.3 Å². The summed E-state index contributed by atoms with van der Waals surface area (Å²) in [5.41, 5.74) is 1.51. The molecule has 5 aliphatic rings. The van der Waals surface area contributed by atoms with E-state index in [1.807, 2.05) is 24.4 Å². The van der Waals surface area contributed by atoms with E-state index in [1.165, 1.54) is 0 Å². The second kappa shape index (κ2) is 12.2. The molecule has 252 valence electrons. The van der Waals surface area contributed by atoms with E-state index in [-0.39, 0.29) is 30.0 Å². The molecule has 47 heavy (non-hydrogen) atoms. The number of aliphatic carboxylic acids is 1. The number of nitrogens with zero attached hydrogens (tertiary/aromatic N) is 4. The van der Waals surface area contributed by atoms with Crippen LogP contribution in [0.4, 0.5) is 0 Å². The number of ether oxygens (including phenoxy) is 1. The second-order valence-electron chi connectivity index (χ2n) is 16.0. The molecule has 0 aromatic carbocycles. The van der Waals surface area contributed by atoms with Gasteiger partial charge < -0.3 is 14.6 Å². The van der Waals surface area contributed by atoms with Gasteiger partial charge in [0, 0.05) is 37.8 Å². The van der Waals surface area contributed by atoms with Crippen molar-refractivity contribution < 1.29 is 19.4 Å². The molecule has 2 aromatic heterocycles. The van der Waals surface area contributed by atoms with Crippen molar-refractivity contribution in [2.24, 2.45) is 45.8 Å². The van der Waals surface area contributed by atoms with Crippen molar-refractivity contribution in [3.05, 3.63) is 71.3 Å². The number of carbonyl (C=O) groups excluding carboxylic acids is 1. The Morgan fingerprint density at radius 3 is 2.40 bits per heavy atom. The number of hydrogen-bond donors (Lipinski definition) is 1. The van der Waals surface area contributed by atoms with Crippen molar-refractivity contribution in [3.63, 3.8) is 0 Å². The maximum Gasteiger partial charge on any atom is 0.315 e. The van der Waals surface area contributed by atoms with Gasteiger partial charge in [-0.25, -0.2) is 0 Å². The van der Waals surface area contributed by atoms with Crippen LogP contribution in [0.2, 0.25) is 0 Å². The first-order valence-electron chi connectivity index (χ1n) is 17.8. The minimum atomic E-state index is -1.18. The molecule has 0 amide bonds. The molecule has 2 aromatic rings. The predicted molar refractivity (Wildman–Crippen MR) is 180 cm³/mol. The highest BCUT2D eigenvalue weighted by atomic mass is 16.5. The molecular formula is C39H52N4O4. The highest BCUT2D eigenvalue weighted by molar-refractivity contribution is 5.90. The molecule has 0 radical (unpaired) electrons. The lowest BCUT2D eigenvalue weighted by Gasteiger charge is -2.60. The SMILES string of the molecule is CC(C)C1=CC2CC3(C=O)[C@@H]4CC[C@@H](C)[C@H]4CC2(C2CCC(CN(C)Cc4cccc(CN(C)Cc5ccccn5)n4)O2)C13C(=O)O. The van der Waals surface area contributed by atoms with Crippen LogP contribution in [-0.2, 0) is 34.0 Å². The molecular weight excluding hydrogens is 588 g/mol. The van der Waals surface area contributed by atoms with E-state index in [0.29, 0.717) is 24.8 Å². The summed E-state index contributed by atoms with van der Waals surface area (Å²) in [4.78, 5) is 41.2. The van der Waals surface area contributed by atoms with E-state index in [0.717, 1.165) is 80.7 Å². The minimum absolute atomic E-state index is 0.0183. The van der Waals surface area contributed by atoms with Gasteiger partial charge >= 0.3 is 5.97 Å². The molecule has 7 rings (SSSR count). The van der Waals surface area contributed by atoms with Crippen LogP contribution in [-0.4, -0.2) is 70.0 Å². The molecule has 1 saturated heterocycles. The molecule has 1 N–H and O–H groups in total. The average Bonchev–Trinajstić information content (AvgIpc) is 3.77. The number of carbonyl (C=O) groups is 2. The van der Waals surface area contributed by atoms with Crippen molar-refractivity contribution in [2.75, 3.05) is 20.6 Å². The van der Waals surface area contributed by atoms with Gasteiger partial charge in [-0.05, 0) is 100 Å². The Kier molecular flexibility index (Phi) is 8.45. The third-order valence-corrected chi connectivity index (χ3v) is 13.1. The molecule has 6 unspecified atom stereocenters. The second-order valence-corrected chi connectivity index (χ2v) is 16.0. The van der Waals surface area contributed by atoms with Crippen LogP contribution in [0, 0.1) is 45.8 Å². The summed E-state index contributed by atoms with van der Waals surface area (Å²) in [6, 6.07) is 12.2. The van der Waals surface area contributed by atoms with Gasteiger partial charge in [-0.2, -0.15) is 0 Å². The van der Waals surface area contributed by atoms with E-state index < -0.39 is 22.2 Å². The fourth-order valence-electron chi connectivity index (χ4n) is 11.6. The van der Waals surface area contributed by atoms with Gasteiger partial charge in [0.05, 0.1) is 34.7 Å². The highest BCUT2D eigenvalue weighted by Gasteiger charge is 2.86. The molecule has 4 aliphatic carbocycles. The summed E-state index contributed by atoms with van der Waals surface area (Å²) < 4.78 is 7.03. The molecule has 0 spiro atoms. The Bertz CT molecular complexity index is 1530. The van der Waals surface area contributed by atoms with Gasteiger partial charge in [0.2, 0.25) is 0 Å². The van der Waals surface area contributed by atoms with Crippen molar-refractivity contribution in [1.82, 2.24) is 19.8 Å². The topological polar surface area (TPSA) is 95.9 Å². The monoisotopic (exact) mass is 640 g/mol. The maximum atomic E-state index is 13.9. The van der Waals surface area contributed by atoms with Crippen LogP contribution in [0.1, 0.15) is 76.4 Å². The zero-order valence-electron chi connectivity index (χ0n) is 28.8. The molecule has 3 saturated carbocycles. The summed E-state index contributed by atoms with van der Waals surface area (Å²) in [6.07, 6.45) is 10.4. The Morgan fingerprint density at radius 1 is 1.00 bits per heavy atom. The first-order chi connectivity index (χ1) is 22.6. The Morgan fingerprint density at radius 2 is 1.72 bits per heavy atom. The zero-order chi connectivity index (χ0) is 33.1. The van der Waals surface area contributed by atoms with Gasteiger partial charge in [-0.15, -0.1) is 0 Å². The van der Waals surface area contributed by atoms with Crippen LogP contribution < -0.4 is 0 Å². The number of rotatable bonds is 12. The minimum Gasteiger partial charge on any atom is -0.481 e. The van der Waals surface area contributed by atoms with Gasteiger partial charge in [0.25, 0.3) is 0 Å². The Balaban J connectivity index is 1.07. The van der Waals surface area contributed by atoms with Crippen LogP contribution in [0.3, 0.4) is 0 Å². The first-order valence-corrected chi connectivity index (χ1v) is 17.8. The molecule has 3 heterocycles. The van der Waals surface area contributed by atoms with Gasteiger partial charge in [-0.3, -0.25) is 24.6 Å². The van der Waals surface area contributed by atoms with Gasteiger partial charge in [-0.1, -0.05) is 51.0 Å². The van der Waals surface area contributed by atoms with Crippen LogP contribution in [0.5, 0.6) is 0 Å². The smallest absolute Gasteiger partial charge is 0.315 e. The number of aldehydes is 1. The first kappa shape index (κ1) is 32.6. The molecule has 4 bridgehead atoms. The Labute approximate surface area is 280 Å². The van der Waals surface area contributed by atoms with E-state index in [2.05, 4.69) is 73.9 Å². The quantitative estimate of drug-likeness (QED) is 0.223. The zero-order valence-corrected chi connectivity index (χ0v) is 28.8. The number of hydrogen-bond acceptors (Lipinski definition) is 7. The lowest BCUT2D eigenvalue weighted by atomic mass is 9.41. The third kappa shape index (κ3) is 4.87. The number of pyridine rings is 2. The summed E-state index contributed by atoms with van der Waals surface area (Å²) in [5.74, 6) is 0.391.